The maximum atomic E-state index is 2.60. The van der Waals surface area contributed by atoms with Crippen LogP contribution >= 0.6 is 32.7 Å². The standard InChI is InChI=1S/C25H40S3/c1-6-10-12-20(8-3)17-28(18-21(9-4)13-11-7-2)22-14-15-26-24(22)25-23(28)16-19(5)27-25/h14-16,20-21H,6-13,17-18H2,1-5H3. The Balaban J connectivity index is 2.02. The molecule has 2 unspecified atom stereocenters. The van der Waals surface area contributed by atoms with E-state index in [4.69, 9.17) is 0 Å². The predicted octanol–water partition coefficient (Wildman–Crippen LogP) is 9.75. The Morgan fingerprint density at radius 3 is 2.00 bits per heavy atom. The average Bonchev–Trinajstić information content (AvgIpc) is 3.37. The summed E-state index contributed by atoms with van der Waals surface area (Å²) in [6.45, 7) is 11.9. The highest BCUT2D eigenvalue weighted by Crippen LogP contribution is 2.75. The van der Waals surface area contributed by atoms with Crippen LogP contribution in [0.4, 0.5) is 0 Å². The van der Waals surface area contributed by atoms with Crippen LogP contribution in [0.2, 0.25) is 0 Å². The number of fused-ring (bicyclic) bond motifs is 3. The fourth-order valence-corrected chi connectivity index (χ4v) is 13.4. The first-order valence-corrected chi connectivity index (χ1v) is 15.2. The zero-order chi connectivity index (χ0) is 20.1. The molecule has 0 aliphatic carbocycles. The molecular weight excluding hydrogens is 396 g/mol. The van der Waals surface area contributed by atoms with Gasteiger partial charge in [0.25, 0.3) is 0 Å². The SMILES string of the molecule is CCCCC(CC)CS1(CC(CC)CCCC)c2ccsc2-c2sc(C)cc21. The van der Waals surface area contributed by atoms with Crippen LogP contribution < -0.4 is 0 Å². The first-order valence-electron chi connectivity index (χ1n) is 11.6. The zero-order valence-corrected chi connectivity index (χ0v) is 21.1. The Morgan fingerprint density at radius 1 is 0.857 bits per heavy atom. The topological polar surface area (TPSA) is 0 Å². The van der Waals surface area contributed by atoms with Crippen molar-refractivity contribution in [3.63, 3.8) is 0 Å². The minimum absolute atomic E-state index is 0.878. The van der Waals surface area contributed by atoms with Gasteiger partial charge >= 0.3 is 0 Å². The largest absolute Gasteiger partial charge is 0.184 e. The van der Waals surface area contributed by atoms with Crippen LogP contribution in [0, 0.1) is 18.8 Å². The van der Waals surface area contributed by atoms with E-state index in [1.807, 2.05) is 11.3 Å². The Kier molecular flexibility index (Phi) is 8.15. The van der Waals surface area contributed by atoms with E-state index in [9.17, 15) is 0 Å². The van der Waals surface area contributed by atoms with Crippen LogP contribution in [0.25, 0.3) is 9.75 Å². The summed E-state index contributed by atoms with van der Waals surface area (Å²) in [6, 6.07) is 5.12. The van der Waals surface area contributed by atoms with Gasteiger partial charge in [0.1, 0.15) is 0 Å². The Labute approximate surface area is 183 Å². The molecule has 0 spiro atoms. The van der Waals surface area contributed by atoms with E-state index in [1.54, 1.807) is 19.5 Å². The zero-order valence-electron chi connectivity index (χ0n) is 18.7. The van der Waals surface area contributed by atoms with Crippen molar-refractivity contribution < 1.29 is 0 Å². The number of thiophene rings is 2. The smallest absolute Gasteiger partial charge is 0.0580 e. The molecular formula is C25H40S3. The highest BCUT2D eigenvalue weighted by molar-refractivity contribution is 8.34. The highest BCUT2D eigenvalue weighted by atomic mass is 32.3. The molecule has 1 aliphatic heterocycles. The van der Waals surface area contributed by atoms with Gasteiger partial charge < -0.3 is 0 Å². The molecule has 0 saturated heterocycles. The maximum Gasteiger partial charge on any atom is 0.0580 e. The molecule has 158 valence electrons. The summed E-state index contributed by atoms with van der Waals surface area (Å²) >= 11 is 4.07. The van der Waals surface area contributed by atoms with E-state index in [0.29, 0.717) is 0 Å². The Hall–Kier alpha value is -0.250. The van der Waals surface area contributed by atoms with Crippen LogP contribution in [0.3, 0.4) is 0 Å². The molecule has 0 aromatic carbocycles. The normalized spacial score (nSPS) is 22.5. The van der Waals surface area contributed by atoms with Crippen molar-refractivity contribution >= 4 is 32.7 Å². The molecule has 0 bridgehead atoms. The molecule has 0 fully saturated rings. The molecule has 0 saturated carbocycles. The minimum Gasteiger partial charge on any atom is -0.184 e. The molecule has 2 aromatic rings. The van der Waals surface area contributed by atoms with Gasteiger partial charge in [-0.15, -0.1) is 22.7 Å². The van der Waals surface area contributed by atoms with Gasteiger partial charge in [0.15, 0.2) is 0 Å². The van der Waals surface area contributed by atoms with E-state index in [0.717, 1.165) is 11.8 Å². The summed E-state index contributed by atoms with van der Waals surface area (Å²) in [5.41, 5.74) is 0. The molecule has 3 heterocycles. The summed E-state index contributed by atoms with van der Waals surface area (Å²) in [7, 11) is -0.878. The molecule has 0 amide bonds. The number of hydrogen-bond donors (Lipinski definition) is 0. The summed E-state index contributed by atoms with van der Waals surface area (Å²) in [5.74, 6) is 4.66. The third-order valence-electron chi connectivity index (χ3n) is 6.63. The monoisotopic (exact) mass is 436 g/mol. The van der Waals surface area contributed by atoms with Crippen molar-refractivity contribution in [3.8, 4) is 9.75 Å². The number of hydrogen-bond acceptors (Lipinski definition) is 2. The second-order valence-corrected chi connectivity index (χ2v) is 14.2. The van der Waals surface area contributed by atoms with Gasteiger partial charge in [-0.05, 0) is 60.6 Å². The van der Waals surface area contributed by atoms with Crippen molar-refractivity contribution in [1.29, 1.82) is 0 Å². The van der Waals surface area contributed by atoms with Crippen LogP contribution in [0.15, 0.2) is 27.3 Å². The number of rotatable bonds is 12. The van der Waals surface area contributed by atoms with Crippen molar-refractivity contribution in [2.45, 2.75) is 95.8 Å². The lowest BCUT2D eigenvalue weighted by atomic mass is 10.0. The van der Waals surface area contributed by atoms with Crippen LogP contribution in [-0.2, 0) is 0 Å². The van der Waals surface area contributed by atoms with Gasteiger partial charge in [-0.3, -0.25) is 0 Å². The maximum absolute atomic E-state index is 2.60. The quantitative estimate of drug-likeness (QED) is 0.310. The van der Waals surface area contributed by atoms with Crippen LogP contribution in [0.1, 0.15) is 83.9 Å². The van der Waals surface area contributed by atoms with E-state index < -0.39 is 10.0 Å². The summed E-state index contributed by atoms with van der Waals surface area (Å²) in [4.78, 5) is 8.35. The molecule has 0 N–H and O–H groups in total. The van der Waals surface area contributed by atoms with Crippen molar-refractivity contribution in [3.05, 3.63) is 22.4 Å². The van der Waals surface area contributed by atoms with Gasteiger partial charge in [-0.25, -0.2) is 0 Å². The lowest BCUT2D eigenvalue weighted by Crippen LogP contribution is -2.20. The van der Waals surface area contributed by atoms with Gasteiger partial charge in [0.2, 0.25) is 0 Å². The molecule has 0 radical (unpaired) electrons. The molecule has 2 aromatic heterocycles. The minimum atomic E-state index is -0.878. The molecule has 28 heavy (non-hydrogen) atoms. The molecule has 2 atom stereocenters. The summed E-state index contributed by atoms with van der Waals surface area (Å²) in [5, 5.41) is 2.38. The number of aryl methyl sites for hydroxylation is 1. The Morgan fingerprint density at radius 2 is 1.46 bits per heavy atom. The third kappa shape index (κ3) is 4.42. The van der Waals surface area contributed by atoms with Gasteiger partial charge in [-0.1, -0.05) is 66.2 Å². The van der Waals surface area contributed by atoms with Gasteiger partial charge in [0, 0.05) is 14.7 Å². The molecule has 1 aliphatic rings. The Bertz CT molecular complexity index is 721. The van der Waals surface area contributed by atoms with E-state index >= 15 is 0 Å². The molecule has 0 nitrogen and oxygen atoms in total. The first kappa shape index (κ1) is 22.4. The van der Waals surface area contributed by atoms with E-state index in [2.05, 4.69) is 63.5 Å². The van der Waals surface area contributed by atoms with Crippen LogP contribution in [0.5, 0.6) is 0 Å². The van der Waals surface area contributed by atoms with Gasteiger partial charge in [0.05, 0.1) is 9.75 Å². The lowest BCUT2D eigenvalue weighted by molar-refractivity contribution is 0.484. The predicted molar refractivity (Wildman–Crippen MR) is 133 cm³/mol. The average molecular weight is 437 g/mol. The second kappa shape index (κ2) is 10.2. The number of unbranched alkanes of at least 4 members (excludes halogenated alkanes) is 2. The fourth-order valence-electron chi connectivity index (χ4n) is 4.86. The summed E-state index contributed by atoms with van der Waals surface area (Å²) < 4.78 is 0. The van der Waals surface area contributed by atoms with Crippen LogP contribution in [-0.4, -0.2) is 11.5 Å². The first-order chi connectivity index (χ1) is 13.6. The molecule has 3 heteroatoms. The van der Waals surface area contributed by atoms with Crippen molar-refractivity contribution in [2.24, 2.45) is 11.8 Å². The summed E-state index contributed by atoms with van der Waals surface area (Å²) in [6.07, 6.45) is 11.0. The molecule has 3 rings (SSSR count). The van der Waals surface area contributed by atoms with Gasteiger partial charge in [-0.2, -0.15) is 10.0 Å². The van der Waals surface area contributed by atoms with Crippen molar-refractivity contribution in [1.82, 2.24) is 0 Å². The van der Waals surface area contributed by atoms with E-state index in [-0.39, 0.29) is 0 Å². The second-order valence-electron chi connectivity index (χ2n) is 8.71. The highest BCUT2D eigenvalue weighted by Gasteiger charge is 2.43. The third-order valence-corrected chi connectivity index (χ3v) is 13.4. The lowest BCUT2D eigenvalue weighted by Gasteiger charge is -2.42. The fraction of sp³-hybridized carbons (Fsp3) is 0.680. The van der Waals surface area contributed by atoms with E-state index in [1.165, 1.54) is 67.7 Å². The van der Waals surface area contributed by atoms with Crippen molar-refractivity contribution in [2.75, 3.05) is 11.5 Å².